The molecule has 0 saturated heterocycles. The van der Waals surface area contributed by atoms with Gasteiger partial charge in [-0.2, -0.15) is 18.3 Å². The number of carbonyl (C=O) groups excluding carboxylic acids is 1. The highest BCUT2D eigenvalue weighted by Gasteiger charge is 2.42. The molecule has 178 valence electrons. The maximum atomic E-state index is 13.7. The van der Waals surface area contributed by atoms with Gasteiger partial charge in [0.25, 0.3) is 11.9 Å². The molecule has 0 unspecified atom stereocenters. The summed E-state index contributed by atoms with van der Waals surface area (Å²) < 4.78 is 42.4. The molecule has 1 N–H and O–H groups in total. The number of carbonyl (C=O) groups is 1. The monoisotopic (exact) mass is 478 g/mol. The Morgan fingerprint density at radius 1 is 1.06 bits per heavy atom. The molecule has 1 aliphatic carbocycles. The van der Waals surface area contributed by atoms with Crippen LogP contribution in [0.3, 0.4) is 0 Å². The standard InChI is InChI=1S/C25H21F3N6O/c1-15-20(23(35)33-22(25(26,27)28)18-9-5-11-29-12-18)14-31-34(15)24-30-13-17-8-4-7-16-6-2-3-10-19(16)21(17)32-24/h2-3,5-6,9-14,22H,4,7-8H2,1H3,(H,33,35)/t22-/m0/s1. The SMILES string of the molecule is Cc1c(C(=O)N[C@@H](c2cccnc2)C(F)(F)F)cnn1-c1ncc2c(n1)-c1ccccc1CCC2. The van der Waals surface area contributed by atoms with E-state index in [1.165, 1.54) is 34.8 Å². The highest BCUT2D eigenvalue weighted by atomic mass is 19.4. The molecule has 0 saturated carbocycles. The number of alkyl halides is 3. The van der Waals surface area contributed by atoms with Gasteiger partial charge in [0.1, 0.15) is 0 Å². The van der Waals surface area contributed by atoms with Crippen LogP contribution in [-0.4, -0.2) is 36.8 Å². The summed E-state index contributed by atoms with van der Waals surface area (Å²) in [5.74, 6) is -0.656. The van der Waals surface area contributed by atoms with Crippen LogP contribution in [0, 0.1) is 6.92 Å². The number of halogens is 3. The van der Waals surface area contributed by atoms with E-state index in [4.69, 9.17) is 4.98 Å². The third-order valence-electron chi connectivity index (χ3n) is 6.08. The summed E-state index contributed by atoms with van der Waals surface area (Å²) >= 11 is 0. The van der Waals surface area contributed by atoms with E-state index < -0.39 is 18.1 Å². The van der Waals surface area contributed by atoms with E-state index in [9.17, 15) is 18.0 Å². The Morgan fingerprint density at radius 2 is 1.86 bits per heavy atom. The van der Waals surface area contributed by atoms with Gasteiger partial charge in [-0.05, 0) is 43.4 Å². The molecule has 1 aromatic carbocycles. The number of nitrogens with one attached hydrogen (secondary N) is 1. The lowest BCUT2D eigenvalue weighted by molar-refractivity contribution is -0.155. The van der Waals surface area contributed by atoms with Crippen molar-refractivity contribution < 1.29 is 18.0 Å². The van der Waals surface area contributed by atoms with Crippen LogP contribution in [0.2, 0.25) is 0 Å². The molecule has 1 atom stereocenters. The van der Waals surface area contributed by atoms with Gasteiger partial charge < -0.3 is 5.32 Å². The number of aromatic nitrogens is 5. The van der Waals surface area contributed by atoms with Crippen molar-refractivity contribution in [2.45, 2.75) is 38.4 Å². The second-order valence-corrected chi connectivity index (χ2v) is 8.34. The van der Waals surface area contributed by atoms with Crippen LogP contribution >= 0.6 is 0 Å². The van der Waals surface area contributed by atoms with Gasteiger partial charge >= 0.3 is 6.18 Å². The molecule has 5 rings (SSSR count). The van der Waals surface area contributed by atoms with Crippen LogP contribution in [-0.2, 0) is 12.8 Å². The summed E-state index contributed by atoms with van der Waals surface area (Å²) in [6.45, 7) is 1.59. The van der Waals surface area contributed by atoms with Gasteiger partial charge in [-0.1, -0.05) is 30.3 Å². The largest absolute Gasteiger partial charge is 0.412 e. The van der Waals surface area contributed by atoms with Gasteiger partial charge in [0.2, 0.25) is 0 Å². The minimum absolute atomic E-state index is 0.00193. The fourth-order valence-electron chi connectivity index (χ4n) is 4.30. The van der Waals surface area contributed by atoms with E-state index in [0.29, 0.717) is 5.69 Å². The first kappa shape index (κ1) is 22.7. The molecule has 7 nitrogen and oxygen atoms in total. The molecule has 4 aromatic rings. The van der Waals surface area contributed by atoms with E-state index in [-0.39, 0.29) is 17.1 Å². The fourth-order valence-corrected chi connectivity index (χ4v) is 4.30. The molecular formula is C25H21F3N6O. The molecule has 3 heterocycles. The van der Waals surface area contributed by atoms with Gasteiger partial charge in [0.15, 0.2) is 6.04 Å². The molecule has 0 fully saturated rings. The second-order valence-electron chi connectivity index (χ2n) is 8.34. The normalized spacial score (nSPS) is 13.9. The Kier molecular flexibility index (Phi) is 5.80. The first-order valence-electron chi connectivity index (χ1n) is 11.1. The smallest absolute Gasteiger partial charge is 0.337 e. The number of aryl methyl sites for hydroxylation is 2. The van der Waals surface area contributed by atoms with Crippen molar-refractivity contribution in [1.82, 2.24) is 30.0 Å². The third kappa shape index (κ3) is 4.39. The lowest BCUT2D eigenvalue weighted by atomic mass is 10.0. The average molecular weight is 478 g/mol. The molecule has 3 aromatic heterocycles. The zero-order chi connectivity index (χ0) is 24.6. The maximum absolute atomic E-state index is 13.7. The molecule has 0 bridgehead atoms. The van der Waals surface area contributed by atoms with E-state index in [1.807, 2.05) is 18.2 Å². The van der Waals surface area contributed by atoms with E-state index in [1.54, 1.807) is 13.1 Å². The van der Waals surface area contributed by atoms with E-state index >= 15 is 0 Å². The minimum Gasteiger partial charge on any atom is -0.337 e. The number of pyridine rings is 1. The molecule has 1 amide bonds. The first-order valence-corrected chi connectivity index (χ1v) is 11.1. The molecule has 0 radical (unpaired) electrons. The van der Waals surface area contributed by atoms with Crippen molar-refractivity contribution in [3.05, 3.63) is 89.1 Å². The van der Waals surface area contributed by atoms with Crippen LogP contribution in [0.15, 0.2) is 61.2 Å². The Morgan fingerprint density at radius 3 is 2.63 bits per heavy atom. The highest BCUT2D eigenvalue weighted by Crippen LogP contribution is 2.33. The molecular weight excluding hydrogens is 457 g/mol. The lowest BCUT2D eigenvalue weighted by Crippen LogP contribution is -2.38. The Hall–Kier alpha value is -4.08. The Bertz CT molecular complexity index is 1380. The second kappa shape index (κ2) is 8.94. The van der Waals surface area contributed by atoms with Crippen molar-refractivity contribution >= 4 is 5.91 Å². The van der Waals surface area contributed by atoms with Crippen LogP contribution in [0.4, 0.5) is 13.2 Å². The van der Waals surface area contributed by atoms with Crippen molar-refractivity contribution in [1.29, 1.82) is 0 Å². The van der Waals surface area contributed by atoms with Gasteiger partial charge in [0.05, 0.1) is 23.1 Å². The highest BCUT2D eigenvalue weighted by molar-refractivity contribution is 5.95. The predicted octanol–water partition coefficient (Wildman–Crippen LogP) is 4.55. The number of amides is 1. The molecule has 0 spiro atoms. The lowest BCUT2D eigenvalue weighted by Gasteiger charge is -2.21. The van der Waals surface area contributed by atoms with E-state index in [0.717, 1.165) is 42.3 Å². The van der Waals surface area contributed by atoms with Crippen molar-refractivity contribution in [2.75, 3.05) is 0 Å². The van der Waals surface area contributed by atoms with Gasteiger partial charge in [-0.25, -0.2) is 14.6 Å². The summed E-state index contributed by atoms with van der Waals surface area (Å²) in [7, 11) is 0. The summed E-state index contributed by atoms with van der Waals surface area (Å²) in [5.41, 5.74) is 4.21. The minimum atomic E-state index is -4.70. The van der Waals surface area contributed by atoms with Gasteiger partial charge in [-0.3, -0.25) is 9.78 Å². The summed E-state index contributed by atoms with van der Waals surface area (Å²) in [6, 6.07) is 8.49. The number of hydrogen-bond acceptors (Lipinski definition) is 5. The average Bonchev–Trinajstić information content (AvgIpc) is 3.13. The molecule has 1 aliphatic rings. The Labute approximate surface area is 199 Å². The van der Waals surface area contributed by atoms with Crippen LogP contribution < -0.4 is 5.32 Å². The summed E-state index contributed by atoms with van der Waals surface area (Å²) in [5, 5.41) is 6.28. The molecule has 35 heavy (non-hydrogen) atoms. The third-order valence-corrected chi connectivity index (χ3v) is 6.08. The summed E-state index contributed by atoms with van der Waals surface area (Å²) in [4.78, 5) is 25.8. The number of hydrogen-bond donors (Lipinski definition) is 1. The molecule has 10 heteroatoms. The van der Waals surface area contributed by atoms with Crippen molar-refractivity contribution in [2.24, 2.45) is 0 Å². The van der Waals surface area contributed by atoms with Crippen LogP contribution in [0.1, 0.15) is 45.2 Å². The van der Waals surface area contributed by atoms with Crippen molar-refractivity contribution in [3.63, 3.8) is 0 Å². The fraction of sp³-hybridized carbons (Fsp3) is 0.240. The number of nitrogens with zero attached hydrogens (tertiary/aromatic N) is 5. The van der Waals surface area contributed by atoms with Crippen molar-refractivity contribution in [3.8, 4) is 17.2 Å². The van der Waals surface area contributed by atoms with Crippen LogP contribution in [0.5, 0.6) is 0 Å². The predicted molar refractivity (Wildman–Crippen MR) is 122 cm³/mol. The van der Waals surface area contributed by atoms with Crippen LogP contribution in [0.25, 0.3) is 17.2 Å². The van der Waals surface area contributed by atoms with E-state index in [2.05, 4.69) is 26.4 Å². The topological polar surface area (TPSA) is 85.6 Å². The number of fused-ring (bicyclic) bond motifs is 3. The maximum Gasteiger partial charge on any atom is 0.412 e. The Balaban J connectivity index is 1.47. The number of rotatable bonds is 4. The zero-order valence-corrected chi connectivity index (χ0v) is 18.8. The van der Waals surface area contributed by atoms with Gasteiger partial charge in [-0.15, -0.1) is 0 Å². The first-order chi connectivity index (χ1) is 16.8. The summed E-state index contributed by atoms with van der Waals surface area (Å²) in [6.07, 6.45) is 3.48. The van der Waals surface area contributed by atoms with Gasteiger partial charge in [0, 0.05) is 29.7 Å². The molecule has 0 aliphatic heterocycles. The zero-order valence-electron chi connectivity index (χ0n) is 18.8. The quantitative estimate of drug-likeness (QED) is 0.465. The number of benzene rings is 1.